The zero-order valence-corrected chi connectivity index (χ0v) is 5.19. The first-order valence-corrected chi connectivity index (χ1v) is 3.63. The van der Waals surface area contributed by atoms with Crippen LogP contribution in [0.25, 0.3) is 0 Å². The Kier molecular flexibility index (Phi) is 0.927. The third-order valence-electron chi connectivity index (χ3n) is 2.40. The summed E-state index contributed by atoms with van der Waals surface area (Å²) >= 11 is 0. The van der Waals surface area contributed by atoms with E-state index in [1.807, 2.05) is 0 Å². The maximum Gasteiger partial charge on any atom is -0.0289 e. The first-order valence-electron chi connectivity index (χ1n) is 3.63. The minimum atomic E-state index is 1.07. The lowest BCUT2D eigenvalue weighted by atomic mass is 9.91. The zero-order chi connectivity index (χ0) is 5.40. The molecule has 2 rings (SSSR count). The van der Waals surface area contributed by atoms with E-state index >= 15 is 0 Å². The summed E-state index contributed by atoms with van der Waals surface area (Å²) in [5, 5.41) is 0. The van der Waals surface area contributed by atoms with Crippen LogP contribution in [0.3, 0.4) is 0 Å². The van der Waals surface area contributed by atoms with Crippen molar-refractivity contribution in [3.8, 4) is 0 Å². The minimum absolute atomic E-state index is 1.07. The van der Waals surface area contributed by atoms with Gasteiger partial charge >= 0.3 is 0 Å². The van der Waals surface area contributed by atoms with Crippen molar-refractivity contribution in [2.75, 3.05) is 0 Å². The highest BCUT2D eigenvalue weighted by atomic mass is 14.3. The SMILES string of the molecule is C1=C2CCC[C@@H](C1)C2. The van der Waals surface area contributed by atoms with Gasteiger partial charge in [0.25, 0.3) is 0 Å². The number of rotatable bonds is 0. The standard InChI is InChI=1S/C8H12/c1-2-7-4-5-8(3-1)6-7/h4,8H,1-3,5-6H2/t8-/m0/s1. The van der Waals surface area contributed by atoms with Crippen LogP contribution in [0.5, 0.6) is 0 Å². The predicted octanol–water partition coefficient (Wildman–Crippen LogP) is 2.51. The monoisotopic (exact) mass is 108 g/mol. The highest BCUT2D eigenvalue weighted by Crippen LogP contribution is 2.36. The largest absolute Gasteiger partial charge is 0.0850 e. The van der Waals surface area contributed by atoms with Gasteiger partial charge in [-0.05, 0) is 38.0 Å². The second kappa shape index (κ2) is 1.61. The Balaban J connectivity index is 2.15. The summed E-state index contributed by atoms with van der Waals surface area (Å²) in [5.41, 5.74) is 1.75. The van der Waals surface area contributed by atoms with Gasteiger partial charge in [0.15, 0.2) is 0 Å². The van der Waals surface area contributed by atoms with Gasteiger partial charge < -0.3 is 0 Å². The first kappa shape index (κ1) is 4.60. The van der Waals surface area contributed by atoms with Gasteiger partial charge in [-0.3, -0.25) is 0 Å². The summed E-state index contributed by atoms with van der Waals surface area (Å²) in [7, 11) is 0. The van der Waals surface area contributed by atoms with Crippen molar-refractivity contribution >= 4 is 0 Å². The molecule has 0 aromatic heterocycles. The molecule has 0 nitrogen and oxygen atoms in total. The van der Waals surface area contributed by atoms with Crippen molar-refractivity contribution < 1.29 is 0 Å². The van der Waals surface area contributed by atoms with Crippen LogP contribution in [-0.4, -0.2) is 0 Å². The molecule has 0 aromatic rings. The topological polar surface area (TPSA) is 0 Å². The predicted molar refractivity (Wildman–Crippen MR) is 34.7 cm³/mol. The first-order chi connectivity index (χ1) is 3.95. The fourth-order valence-corrected chi connectivity index (χ4v) is 1.91. The van der Waals surface area contributed by atoms with Crippen LogP contribution in [0.2, 0.25) is 0 Å². The Morgan fingerprint density at radius 1 is 1.50 bits per heavy atom. The molecule has 8 heavy (non-hydrogen) atoms. The van der Waals surface area contributed by atoms with E-state index in [0.717, 1.165) is 5.92 Å². The maximum atomic E-state index is 2.46. The molecule has 0 unspecified atom stereocenters. The average molecular weight is 108 g/mol. The maximum absolute atomic E-state index is 2.46. The average Bonchev–Trinajstić information content (AvgIpc) is 2.12. The third kappa shape index (κ3) is 0.594. The molecule has 2 bridgehead atoms. The van der Waals surface area contributed by atoms with Gasteiger partial charge in [0.1, 0.15) is 0 Å². The molecule has 1 atom stereocenters. The molecule has 0 spiro atoms. The van der Waals surface area contributed by atoms with E-state index in [-0.39, 0.29) is 0 Å². The van der Waals surface area contributed by atoms with Crippen molar-refractivity contribution in [2.24, 2.45) is 5.92 Å². The van der Waals surface area contributed by atoms with Gasteiger partial charge in [-0.25, -0.2) is 0 Å². The van der Waals surface area contributed by atoms with Gasteiger partial charge in [-0.1, -0.05) is 11.6 Å². The zero-order valence-electron chi connectivity index (χ0n) is 5.19. The van der Waals surface area contributed by atoms with E-state index in [1.54, 1.807) is 5.57 Å². The molecule has 0 amide bonds. The van der Waals surface area contributed by atoms with Gasteiger partial charge in [0.2, 0.25) is 0 Å². The second-order valence-electron chi connectivity index (χ2n) is 3.06. The summed E-state index contributed by atoms with van der Waals surface area (Å²) in [4.78, 5) is 0. The van der Waals surface area contributed by atoms with E-state index in [4.69, 9.17) is 0 Å². The van der Waals surface area contributed by atoms with Gasteiger partial charge in [0.05, 0.1) is 0 Å². The second-order valence-corrected chi connectivity index (χ2v) is 3.06. The quantitative estimate of drug-likeness (QED) is 0.418. The smallest absolute Gasteiger partial charge is 0.0289 e. The number of allylic oxidation sites excluding steroid dienone is 2. The molecule has 0 aromatic carbocycles. The Bertz CT molecular complexity index is 122. The minimum Gasteiger partial charge on any atom is -0.0850 e. The fourth-order valence-electron chi connectivity index (χ4n) is 1.91. The lowest BCUT2D eigenvalue weighted by molar-refractivity contribution is 0.456. The van der Waals surface area contributed by atoms with Crippen LogP contribution in [0.1, 0.15) is 32.1 Å². The van der Waals surface area contributed by atoms with E-state index < -0.39 is 0 Å². The Morgan fingerprint density at radius 3 is 3.25 bits per heavy atom. The summed E-state index contributed by atoms with van der Waals surface area (Å²) in [6, 6.07) is 0. The molecule has 2 aliphatic rings. The van der Waals surface area contributed by atoms with Crippen molar-refractivity contribution in [2.45, 2.75) is 32.1 Å². The molecule has 0 aliphatic heterocycles. The Morgan fingerprint density at radius 2 is 2.50 bits per heavy atom. The Labute approximate surface area is 50.6 Å². The molecule has 0 heteroatoms. The molecule has 2 aliphatic carbocycles. The molecule has 1 fully saturated rings. The van der Waals surface area contributed by atoms with Crippen LogP contribution in [0.15, 0.2) is 11.6 Å². The summed E-state index contributed by atoms with van der Waals surface area (Å²) in [6.45, 7) is 0. The lowest BCUT2D eigenvalue weighted by Gasteiger charge is -2.14. The molecular weight excluding hydrogens is 96.1 g/mol. The summed E-state index contributed by atoms with van der Waals surface area (Å²) < 4.78 is 0. The Hall–Kier alpha value is -0.260. The third-order valence-corrected chi connectivity index (χ3v) is 2.40. The van der Waals surface area contributed by atoms with E-state index in [1.165, 1.54) is 32.1 Å². The van der Waals surface area contributed by atoms with Crippen LogP contribution < -0.4 is 0 Å². The molecular formula is C8H12. The van der Waals surface area contributed by atoms with E-state index in [0.29, 0.717) is 0 Å². The van der Waals surface area contributed by atoms with Gasteiger partial charge in [0, 0.05) is 0 Å². The highest BCUT2D eigenvalue weighted by molar-refractivity contribution is 5.12. The van der Waals surface area contributed by atoms with Gasteiger partial charge in [-0.2, -0.15) is 0 Å². The molecule has 0 saturated heterocycles. The lowest BCUT2D eigenvalue weighted by Crippen LogP contribution is -1.99. The number of hydrogen-bond donors (Lipinski definition) is 0. The van der Waals surface area contributed by atoms with Crippen molar-refractivity contribution in [1.29, 1.82) is 0 Å². The van der Waals surface area contributed by atoms with Crippen molar-refractivity contribution in [3.63, 3.8) is 0 Å². The van der Waals surface area contributed by atoms with Crippen LogP contribution in [-0.2, 0) is 0 Å². The van der Waals surface area contributed by atoms with E-state index in [9.17, 15) is 0 Å². The van der Waals surface area contributed by atoms with Crippen molar-refractivity contribution in [1.82, 2.24) is 0 Å². The van der Waals surface area contributed by atoms with E-state index in [2.05, 4.69) is 6.08 Å². The fraction of sp³-hybridized carbons (Fsp3) is 0.750. The van der Waals surface area contributed by atoms with Crippen LogP contribution >= 0.6 is 0 Å². The highest BCUT2D eigenvalue weighted by Gasteiger charge is 2.20. The summed E-state index contributed by atoms with van der Waals surface area (Å²) in [5.74, 6) is 1.07. The van der Waals surface area contributed by atoms with Crippen LogP contribution in [0.4, 0.5) is 0 Å². The number of hydrogen-bond acceptors (Lipinski definition) is 0. The number of fused-ring (bicyclic) bond motifs is 2. The molecule has 44 valence electrons. The molecule has 0 N–H and O–H groups in total. The van der Waals surface area contributed by atoms with Gasteiger partial charge in [-0.15, -0.1) is 0 Å². The molecule has 1 saturated carbocycles. The molecule has 0 heterocycles. The normalized spacial score (nSPS) is 35.0. The molecule has 0 radical (unpaired) electrons. The van der Waals surface area contributed by atoms with Crippen LogP contribution in [0, 0.1) is 5.92 Å². The summed E-state index contributed by atoms with van der Waals surface area (Å²) in [6.07, 6.45) is 9.68. The van der Waals surface area contributed by atoms with Crippen molar-refractivity contribution in [3.05, 3.63) is 11.6 Å².